The monoisotopic (exact) mass is 342 g/mol. The molecule has 0 amide bonds. The summed E-state index contributed by atoms with van der Waals surface area (Å²) < 4.78 is 29.5. The molecule has 1 aromatic carbocycles. The molecule has 0 aliphatic carbocycles. The molecule has 0 atom stereocenters. The number of ether oxygens (including phenoxy) is 1. The number of rotatable bonds is 9. The number of nitrogens with one attached hydrogen (secondary N) is 3. The second-order valence-electron chi connectivity index (χ2n) is 4.99. The third kappa shape index (κ3) is 9.04. The van der Waals surface area contributed by atoms with Gasteiger partial charge in [-0.15, -0.1) is 0 Å². The van der Waals surface area contributed by atoms with E-state index in [0.29, 0.717) is 32.0 Å². The van der Waals surface area contributed by atoms with Gasteiger partial charge in [0.25, 0.3) is 0 Å². The van der Waals surface area contributed by atoms with Crippen LogP contribution in [0.15, 0.2) is 29.3 Å². The van der Waals surface area contributed by atoms with Crippen molar-refractivity contribution in [2.45, 2.75) is 19.9 Å². The van der Waals surface area contributed by atoms with Crippen molar-refractivity contribution in [1.29, 1.82) is 0 Å². The average molecular weight is 342 g/mol. The normalized spacial score (nSPS) is 12.0. The molecular formula is C15H26N4O3S. The Labute approximate surface area is 138 Å². The second kappa shape index (κ2) is 10.1. The molecule has 0 radical (unpaired) electrons. The topological polar surface area (TPSA) is 91.8 Å². The van der Waals surface area contributed by atoms with Crippen molar-refractivity contribution in [3.05, 3.63) is 29.8 Å². The van der Waals surface area contributed by atoms with E-state index in [2.05, 4.69) is 20.3 Å². The van der Waals surface area contributed by atoms with Crippen LogP contribution in [0.1, 0.15) is 18.9 Å². The van der Waals surface area contributed by atoms with Crippen LogP contribution >= 0.6 is 0 Å². The smallest absolute Gasteiger partial charge is 0.208 e. The fourth-order valence-electron chi connectivity index (χ4n) is 1.80. The van der Waals surface area contributed by atoms with Crippen molar-refractivity contribution in [1.82, 2.24) is 15.4 Å². The Balaban J connectivity index is 2.42. The first-order valence-electron chi connectivity index (χ1n) is 7.54. The van der Waals surface area contributed by atoms with E-state index in [-0.39, 0.29) is 0 Å². The van der Waals surface area contributed by atoms with Crippen molar-refractivity contribution < 1.29 is 13.2 Å². The summed E-state index contributed by atoms with van der Waals surface area (Å²) >= 11 is 0. The van der Waals surface area contributed by atoms with Gasteiger partial charge in [-0.2, -0.15) is 0 Å². The fraction of sp³-hybridized carbons (Fsp3) is 0.533. The van der Waals surface area contributed by atoms with E-state index < -0.39 is 10.0 Å². The molecule has 0 spiro atoms. The molecule has 0 bridgehead atoms. The molecule has 7 nitrogen and oxygen atoms in total. The average Bonchev–Trinajstić information content (AvgIpc) is 2.51. The van der Waals surface area contributed by atoms with Gasteiger partial charge in [-0.1, -0.05) is 12.1 Å². The van der Waals surface area contributed by atoms with Gasteiger partial charge in [-0.3, -0.25) is 0 Å². The predicted molar refractivity (Wildman–Crippen MR) is 93.3 cm³/mol. The van der Waals surface area contributed by atoms with E-state index in [1.807, 2.05) is 31.2 Å². The molecule has 0 aliphatic rings. The maximum Gasteiger partial charge on any atom is 0.208 e. The van der Waals surface area contributed by atoms with E-state index in [1.54, 1.807) is 7.11 Å². The molecule has 0 fully saturated rings. The van der Waals surface area contributed by atoms with Crippen LogP contribution in [0.25, 0.3) is 0 Å². The van der Waals surface area contributed by atoms with Gasteiger partial charge in [0.15, 0.2) is 5.96 Å². The third-order valence-electron chi connectivity index (χ3n) is 2.93. The maximum absolute atomic E-state index is 11.0. The van der Waals surface area contributed by atoms with Crippen molar-refractivity contribution in [3.63, 3.8) is 0 Å². The summed E-state index contributed by atoms with van der Waals surface area (Å²) in [5.41, 5.74) is 1.08. The Morgan fingerprint density at radius 2 is 1.87 bits per heavy atom. The van der Waals surface area contributed by atoms with E-state index >= 15 is 0 Å². The van der Waals surface area contributed by atoms with E-state index in [4.69, 9.17) is 4.74 Å². The minimum Gasteiger partial charge on any atom is -0.497 e. The van der Waals surface area contributed by atoms with Gasteiger partial charge in [-0.05, 0) is 31.0 Å². The van der Waals surface area contributed by atoms with E-state index in [9.17, 15) is 8.42 Å². The molecule has 0 unspecified atom stereocenters. The van der Waals surface area contributed by atoms with Crippen molar-refractivity contribution in [3.8, 4) is 5.75 Å². The lowest BCUT2D eigenvalue weighted by Crippen LogP contribution is -2.38. The van der Waals surface area contributed by atoms with E-state index in [0.717, 1.165) is 24.1 Å². The van der Waals surface area contributed by atoms with Gasteiger partial charge in [0.2, 0.25) is 10.0 Å². The lowest BCUT2D eigenvalue weighted by atomic mass is 10.2. The van der Waals surface area contributed by atoms with Crippen molar-refractivity contribution in [2.75, 3.05) is 33.0 Å². The molecule has 0 aliphatic heterocycles. The third-order valence-corrected chi connectivity index (χ3v) is 3.66. The van der Waals surface area contributed by atoms with Crippen LogP contribution in [0.5, 0.6) is 5.75 Å². The van der Waals surface area contributed by atoms with Crippen LogP contribution in [0, 0.1) is 0 Å². The predicted octanol–water partition coefficient (Wildman–Crippen LogP) is 0.690. The van der Waals surface area contributed by atoms with Gasteiger partial charge in [0, 0.05) is 19.6 Å². The summed E-state index contributed by atoms with van der Waals surface area (Å²) in [7, 11) is -1.48. The Bertz CT molecular complexity index is 585. The van der Waals surface area contributed by atoms with Gasteiger partial charge < -0.3 is 15.4 Å². The maximum atomic E-state index is 11.0. The quantitative estimate of drug-likeness (QED) is 0.349. The molecule has 1 rings (SSSR count). The van der Waals surface area contributed by atoms with Gasteiger partial charge in [0.05, 0.1) is 19.9 Å². The Morgan fingerprint density at radius 3 is 2.43 bits per heavy atom. The van der Waals surface area contributed by atoms with Crippen LogP contribution in [0.3, 0.4) is 0 Å². The van der Waals surface area contributed by atoms with Gasteiger partial charge in [0.1, 0.15) is 5.75 Å². The Hall–Kier alpha value is -1.80. The molecule has 130 valence electrons. The highest BCUT2D eigenvalue weighted by Crippen LogP contribution is 2.11. The zero-order valence-electron chi connectivity index (χ0n) is 13.9. The Kier molecular flexibility index (Phi) is 8.42. The summed E-state index contributed by atoms with van der Waals surface area (Å²) in [4.78, 5) is 4.50. The van der Waals surface area contributed by atoms with Crippen LogP contribution in [0.4, 0.5) is 0 Å². The molecule has 1 aromatic rings. The number of hydrogen-bond acceptors (Lipinski definition) is 4. The van der Waals surface area contributed by atoms with Crippen LogP contribution < -0.4 is 20.1 Å². The number of guanidine groups is 1. The van der Waals surface area contributed by atoms with Crippen LogP contribution in [-0.4, -0.2) is 47.4 Å². The number of benzene rings is 1. The zero-order chi connectivity index (χ0) is 17.1. The number of aliphatic imine (C=N–C) groups is 1. The summed E-state index contributed by atoms with van der Waals surface area (Å²) in [6.07, 6.45) is 1.83. The standard InChI is InChI=1S/C15H26N4O3S/c1-4-16-15(17-10-5-11-19-23(3,20)21)18-12-13-6-8-14(22-2)9-7-13/h6-9,19H,4-5,10-12H2,1-3H3,(H2,16,17,18). The zero-order valence-corrected chi connectivity index (χ0v) is 14.7. The summed E-state index contributed by atoms with van der Waals surface area (Å²) in [5.74, 6) is 1.53. The number of hydrogen-bond donors (Lipinski definition) is 3. The highest BCUT2D eigenvalue weighted by atomic mass is 32.2. The molecule has 23 heavy (non-hydrogen) atoms. The summed E-state index contributed by atoms with van der Waals surface area (Å²) in [6.45, 7) is 4.35. The van der Waals surface area contributed by atoms with Crippen molar-refractivity contribution >= 4 is 16.0 Å². The second-order valence-corrected chi connectivity index (χ2v) is 6.82. The SMILES string of the molecule is CCNC(=NCc1ccc(OC)cc1)NCCCNS(C)(=O)=O. The molecule has 0 saturated carbocycles. The summed E-state index contributed by atoms with van der Waals surface area (Å²) in [6, 6.07) is 7.76. The van der Waals surface area contributed by atoms with Crippen molar-refractivity contribution in [2.24, 2.45) is 4.99 Å². The number of nitrogens with zero attached hydrogens (tertiary/aromatic N) is 1. The molecule has 0 saturated heterocycles. The summed E-state index contributed by atoms with van der Waals surface area (Å²) in [5, 5.41) is 6.34. The highest BCUT2D eigenvalue weighted by Gasteiger charge is 2.00. The molecule has 0 aromatic heterocycles. The fourth-order valence-corrected chi connectivity index (χ4v) is 2.31. The molecular weight excluding hydrogens is 316 g/mol. The number of methoxy groups -OCH3 is 1. The van der Waals surface area contributed by atoms with Gasteiger partial charge in [-0.25, -0.2) is 18.1 Å². The highest BCUT2D eigenvalue weighted by molar-refractivity contribution is 7.88. The minimum absolute atomic E-state index is 0.406. The van der Waals surface area contributed by atoms with Crippen LogP contribution in [0.2, 0.25) is 0 Å². The van der Waals surface area contributed by atoms with E-state index in [1.165, 1.54) is 0 Å². The molecule has 0 heterocycles. The minimum atomic E-state index is -3.12. The largest absolute Gasteiger partial charge is 0.497 e. The van der Waals surface area contributed by atoms with Gasteiger partial charge >= 0.3 is 0 Å². The molecule has 8 heteroatoms. The lowest BCUT2D eigenvalue weighted by molar-refractivity contribution is 0.414. The first kappa shape index (κ1) is 19.2. The molecule has 3 N–H and O–H groups in total. The number of sulfonamides is 1. The Morgan fingerprint density at radius 1 is 1.17 bits per heavy atom. The first-order valence-corrected chi connectivity index (χ1v) is 9.43. The lowest BCUT2D eigenvalue weighted by Gasteiger charge is -2.11. The van der Waals surface area contributed by atoms with Crippen LogP contribution in [-0.2, 0) is 16.6 Å². The first-order chi connectivity index (χ1) is 10.9.